The zero-order valence-corrected chi connectivity index (χ0v) is 16.5. The summed E-state index contributed by atoms with van der Waals surface area (Å²) in [4.78, 5) is 32.7. The van der Waals surface area contributed by atoms with Gasteiger partial charge in [0, 0.05) is 18.9 Å². The Morgan fingerprint density at radius 2 is 1.77 bits per heavy atom. The van der Waals surface area contributed by atoms with Gasteiger partial charge >= 0.3 is 0 Å². The van der Waals surface area contributed by atoms with Crippen LogP contribution in [0.2, 0.25) is 0 Å². The van der Waals surface area contributed by atoms with E-state index in [1.807, 2.05) is 36.4 Å². The van der Waals surface area contributed by atoms with Crippen LogP contribution in [0.3, 0.4) is 0 Å². The lowest BCUT2D eigenvalue weighted by molar-refractivity contribution is 0.0714. The maximum absolute atomic E-state index is 13.4. The first-order chi connectivity index (χ1) is 14.7. The molecule has 4 aromatic rings. The second-order valence-electron chi connectivity index (χ2n) is 7.46. The van der Waals surface area contributed by atoms with Gasteiger partial charge in [-0.25, -0.2) is 0 Å². The summed E-state index contributed by atoms with van der Waals surface area (Å²) in [6, 6.07) is 18.4. The number of hydrogen-bond donors (Lipinski definition) is 0. The van der Waals surface area contributed by atoms with Gasteiger partial charge in [0.2, 0.25) is 5.76 Å². The molecule has 0 spiro atoms. The second-order valence-corrected chi connectivity index (χ2v) is 7.46. The van der Waals surface area contributed by atoms with Gasteiger partial charge in [-0.15, -0.1) is 0 Å². The van der Waals surface area contributed by atoms with Gasteiger partial charge in [0.05, 0.1) is 17.0 Å². The fourth-order valence-corrected chi connectivity index (χ4v) is 4.10. The van der Waals surface area contributed by atoms with E-state index in [2.05, 4.69) is 11.9 Å². The molecule has 0 bridgehead atoms. The van der Waals surface area contributed by atoms with Crippen molar-refractivity contribution in [3.05, 3.63) is 111 Å². The van der Waals surface area contributed by atoms with Gasteiger partial charge < -0.3 is 9.32 Å². The average Bonchev–Trinajstić information content (AvgIpc) is 3.06. The summed E-state index contributed by atoms with van der Waals surface area (Å²) in [5.41, 5.74) is 3.67. The summed E-state index contributed by atoms with van der Waals surface area (Å²) in [5.74, 6) is -0.145. The fourth-order valence-electron chi connectivity index (χ4n) is 4.10. The summed E-state index contributed by atoms with van der Waals surface area (Å²) >= 11 is 0. The maximum atomic E-state index is 13.4. The molecule has 5 nitrogen and oxygen atoms in total. The molecule has 0 fully saturated rings. The fraction of sp³-hybridized carbons (Fsp3) is 0.160. The van der Waals surface area contributed by atoms with Crippen LogP contribution >= 0.6 is 0 Å². The van der Waals surface area contributed by atoms with Crippen LogP contribution in [0, 0.1) is 0 Å². The van der Waals surface area contributed by atoms with Crippen LogP contribution in [0.15, 0.2) is 82.3 Å². The number of hydrogen-bond acceptors (Lipinski definition) is 4. The third-order valence-electron chi connectivity index (χ3n) is 5.65. The molecule has 1 aliphatic rings. The molecule has 0 aliphatic carbocycles. The molecule has 5 heteroatoms. The third-order valence-corrected chi connectivity index (χ3v) is 5.65. The van der Waals surface area contributed by atoms with Crippen molar-refractivity contribution in [2.24, 2.45) is 0 Å². The molecule has 1 amide bonds. The van der Waals surface area contributed by atoms with Gasteiger partial charge in [-0.3, -0.25) is 14.6 Å². The zero-order valence-electron chi connectivity index (χ0n) is 16.5. The topological polar surface area (TPSA) is 63.4 Å². The van der Waals surface area contributed by atoms with E-state index < -0.39 is 6.04 Å². The number of aromatic nitrogens is 1. The Hall–Kier alpha value is -3.73. The number of nitrogens with zero attached hydrogens (tertiary/aromatic N) is 2. The van der Waals surface area contributed by atoms with Gasteiger partial charge in [-0.05, 0) is 41.3 Å². The summed E-state index contributed by atoms with van der Waals surface area (Å²) in [7, 11) is 0. The Bertz CT molecular complexity index is 1290. The van der Waals surface area contributed by atoms with Gasteiger partial charge in [0.15, 0.2) is 5.43 Å². The lowest BCUT2D eigenvalue weighted by atomic mass is 9.97. The van der Waals surface area contributed by atoms with E-state index in [-0.39, 0.29) is 17.1 Å². The van der Waals surface area contributed by atoms with E-state index in [0.29, 0.717) is 23.1 Å². The van der Waals surface area contributed by atoms with Crippen molar-refractivity contribution in [3.8, 4) is 0 Å². The predicted molar refractivity (Wildman–Crippen MR) is 114 cm³/mol. The summed E-state index contributed by atoms with van der Waals surface area (Å²) in [6.07, 6.45) is 4.36. The summed E-state index contributed by atoms with van der Waals surface area (Å²) in [5, 5.41) is 0.488. The number of benzene rings is 2. The monoisotopic (exact) mass is 396 g/mol. The standard InChI is InChI=1S/C25H20N2O3/c1-2-16-9-11-18(12-10-16)22-21-23(28)19-7-3-4-8-20(19)30-24(21)25(29)27(22)15-17-6-5-13-26-14-17/h3-14,22H,2,15H2,1H3/t22-/m0/s1. The van der Waals surface area contributed by atoms with E-state index in [1.165, 1.54) is 5.56 Å². The molecule has 0 N–H and O–H groups in total. The second kappa shape index (κ2) is 7.26. The van der Waals surface area contributed by atoms with Crippen LogP contribution in [-0.2, 0) is 13.0 Å². The Kier molecular flexibility index (Phi) is 4.43. The minimum Gasteiger partial charge on any atom is -0.450 e. The number of aryl methyl sites for hydroxylation is 1. The SMILES string of the molecule is CCc1ccc([C@H]2c3c(oc4ccccc4c3=O)C(=O)N2Cc2cccnc2)cc1. The molecule has 2 aromatic carbocycles. The van der Waals surface area contributed by atoms with Crippen LogP contribution in [0.5, 0.6) is 0 Å². The Morgan fingerprint density at radius 1 is 0.967 bits per heavy atom. The molecule has 1 atom stereocenters. The molecule has 5 rings (SSSR count). The van der Waals surface area contributed by atoms with Crippen molar-refractivity contribution in [3.63, 3.8) is 0 Å². The maximum Gasteiger partial charge on any atom is 0.291 e. The first kappa shape index (κ1) is 18.3. The average molecular weight is 396 g/mol. The zero-order chi connectivity index (χ0) is 20.7. The predicted octanol–water partition coefficient (Wildman–Crippen LogP) is 4.50. The first-order valence-corrected chi connectivity index (χ1v) is 10.0. The molecule has 0 radical (unpaired) electrons. The molecular formula is C25H20N2O3. The first-order valence-electron chi connectivity index (χ1n) is 10.0. The van der Waals surface area contributed by atoms with Gasteiger partial charge in [0.1, 0.15) is 5.58 Å². The lowest BCUT2D eigenvalue weighted by Gasteiger charge is -2.25. The van der Waals surface area contributed by atoms with Crippen LogP contribution in [0.1, 0.15) is 45.8 Å². The minimum atomic E-state index is -0.500. The molecule has 1 aliphatic heterocycles. The quantitative estimate of drug-likeness (QED) is 0.510. The molecule has 2 aromatic heterocycles. The number of pyridine rings is 1. The molecule has 148 valence electrons. The highest BCUT2D eigenvalue weighted by molar-refractivity contribution is 5.99. The highest BCUT2D eigenvalue weighted by Gasteiger charge is 2.42. The number of para-hydroxylation sites is 1. The molecule has 3 heterocycles. The summed E-state index contributed by atoms with van der Waals surface area (Å²) < 4.78 is 5.96. The van der Waals surface area contributed by atoms with Crippen LogP contribution in [0.4, 0.5) is 0 Å². The van der Waals surface area contributed by atoms with Crippen molar-refractivity contribution < 1.29 is 9.21 Å². The van der Waals surface area contributed by atoms with Gasteiger partial charge in [-0.2, -0.15) is 0 Å². The van der Waals surface area contributed by atoms with E-state index in [4.69, 9.17) is 4.42 Å². The van der Waals surface area contributed by atoms with Crippen molar-refractivity contribution >= 4 is 16.9 Å². The lowest BCUT2D eigenvalue weighted by Crippen LogP contribution is -2.29. The van der Waals surface area contributed by atoms with Crippen molar-refractivity contribution in [2.45, 2.75) is 25.9 Å². The van der Waals surface area contributed by atoms with E-state index in [0.717, 1.165) is 17.5 Å². The smallest absolute Gasteiger partial charge is 0.291 e. The van der Waals surface area contributed by atoms with E-state index in [1.54, 1.807) is 41.6 Å². The number of carbonyl (C=O) groups is 1. The largest absolute Gasteiger partial charge is 0.450 e. The minimum absolute atomic E-state index is 0.132. The van der Waals surface area contributed by atoms with Crippen LogP contribution in [0.25, 0.3) is 11.0 Å². The van der Waals surface area contributed by atoms with E-state index >= 15 is 0 Å². The van der Waals surface area contributed by atoms with Crippen molar-refractivity contribution in [1.29, 1.82) is 0 Å². The Morgan fingerprint density at radius 3 is 2.50 bits per heavy atom. The van der Waals surface area contributed by atoms with Crippen molar-refractivity contribution in [1.82, 2.24) is 9.88 Å². The van der Waals surface area contributed by atoms with Crippen LogP contribution in [-0.4, -0.2) is 15.8 Å². The highest BCUT2D eigenvalue weighted by atomic mass is 16.3. The molecule has 0 unspecified atom stereocenters. The third kappa shape index (κ3) is 2.90. The summed E-state index contributed by atoms with van der Waals surface area (Å²) in [6.45, 7) is 2.44. The molecule has 0 saturated heterocycles. The Labute approximate surface area is 173 Å². The van der Waals surface area contributed by atoms with E-state index in [9.17, 15) is 9.59 Å². The Balaban J connectivity index is 1.71. The van der Waals surface area contributed by atoms with Gasteiger partial charge in [-0.1, -0.05) is 49.4 Å². The molecule has 30 heavy (non-hydrogen) atoms. The van der Waals surface area contributed by atoms with Gasteiger partial charge in [0.25, 0.3) is 5.91 Å². The number of carbonyl (C=O) groups excluding carboxylic acids is 1. The van der Waals surface area contributed by atoms with Crippen molar-refractivity contribution in [2.75, 3.05) is 0 Å². The molecule has 0 saturated carbocycles. The van der Waals surface area contributed by atoms with Crippen LogP contribution < -0.4 is 5.43 Å². The number of rotatable bonds is 4. The number of amides is 1. The normalized spacial score (nSPS) is 15.6. The highest BCUT2D eigenvalue weighted by Crippen LogP contribution is 2.39. The number of fused-ring (bicyclic) bond motifs is 2. The molecular weight excluding hydrogens is 376 g/mol.